The Morgan fingerprint density at radius 1 is 1.08 bits per heavy atom. The molecular weight excluding hydrogens is 369 g/mol. The molecule has 2 N–H and O–H groups in total. The topological polar surface area (TPSA) is 69.4 Å². The minimum absolute atomic E-state index is 0.266. The molecule has 0 atom stereocenters. The Morgan fingerprint density at radius 3 is 2.38 bits per heavy atom. The molecular formula is C17H19Cl2NO3S. The van der Waals surface area contributed by atoms with Crippen molar-refractivity contribution in [3.63, 3.8) is 0 Å². The zero-order chi connectivity index (χ0) is 17.9. The maximum Gasteiger partial charge on any atom is 0.180 e. The molecule has 2 aromatic rings. The number of benzene rings is 2. The highest BCUT2D eigenvalue weighted by Crippen LogP contribution is 2.32. The summed E-state index contributed by atoms with van der Waals surface area (Å²) in [7, 11) is -3.35. The molecule has 0 unspecified atom stereocenters. The average molecular weight is 388 g/mol. The van der Waals surface area contributed by atoms with Gasteiger partial charge in [-0.05, 0) is 62.7 Å². The first kappa shape index (κ1) is 19.1. The predicted molar refractivity (Wildman–Crippen MR) is 98.1 cm³/mol. The van der Waals surface area contributed by atoms with E-state index in [1.807, 2.05) is 0 Å². The number of halogens is 2. The number of ether oxygens (including phenoxy) is 1. The van der Waals surface area contributed by atoms with Gasteiger partial charge in [-0.25, -0.2) is 8.42 Å². The van der Waals surface area contributed by atoms with E-state index in [4.69, 9.17) is 33.7 Å². The number of rotatable bonds is 6. The van der Waals surface area contributed by atoms with Crippen LogP contribution in [0.1, 0.15) is 19.4 Å². The van der Waals surface area contributed by atoms with E-state index in [-0.39, 0.29) is 4.90 Å². The fourth-order valence-electron chi connectivity index (χ4n) is 2.12. The maximum absolute atomic E-state index is 12.3. The number of sulfone groups is 1. The van der Waals surface area contributed by atoms with Gasteiger partial charge in [-0.2, -0.15) is 0 Å². The SMILES string of the molecule is CC(C)S(=O)(=O)c1ccc(Oc2ccc(Cl)c(Cl)c2)c(CCN)c1. The Kier molecular flexibility index (Phi) is 6.15. The molecule has 4 nitrogen and oxygen atoms in total. The lowest BCUT2D eigenvalue weighted by molar-refractivity contribution is 0.475. The third-order valence-corrected chi connectivity index (χ3v) is 6.40. The molecule has 7 heteroatoms. The second-order valence-electron chi connectivity index (χ2n) is 5.58. The van der Waals surface area contributed by atoms with Crippen LogP contribution in [0, 0.1) is 0 Å². The van der Waals surface area contributed by atoms with Gasteiger partial charge >= 0.3 is 0 Å². The zero-order valence-electron chi connectivity index (χ0n) is 13.4. The van der Waals surface area contributed by atoms with E-state index < -0.39 is 15.1 Å². The molecule has 130 valence electrons. The van der Waals surface area contributed by atoms with Crippen molar-refractivity contribution in [2.75, 3.05) is 6.54 Å². The third-order valence-electron chi connectivity index (χ3n) is 3.51. The average Bonchev–Trinajstić information content (AvgIpc) is 2.52. The summed E-state index contributed by atoms with van der Waals surface area (Å²) < 4.78 is 30.5. The van der Waals surface area contributed by atoms with E-state index in [9.17, 15) is 8.42 Å². The van der Waals surface area contributed by atoms with Crippen molar-refractivity contribution in [3.05, 3.63) is 52.0 Å². The normalized spacial score (nSPS) is 11.8. The highest BCUT2D eigenvalue weighted by atomic mass is 35.5. The van der Waals surface area contributed by atoms with E-state index >= 15 is 0 Å². The largest absolute Gasteiger partial charge is 0.457 e. The van der Waals surface area contributed by atoms with E-state index in [1.54, 1.807) is 50.2 Å². The lowest BCUT2D eigenvalue weighted by Gasteiger charge is -2.14. The van der Waals surface area contributed by atoms with Gasteiger partial charge in [0.1, 0.15) is 11.5 Å². The first-order valence-corrected chi connectivity index (χ1v) is 9.75. The summed E-state index contributed by atoms with van der Waals surface area (Å²) in [6, 6.07) is 9.74. The Hall–Kier alpha value is -1.27. The molecule has 24 heavy (non-hydrogen) atoms. The highest BCUT2D eigenvalue weighted by Gasteiger charge is 2.20. The molecule has 0 aliphatic rings. The van der Waals surface area contributed by atoms with E-state index in [0.717, 1.165) is 5.56 Å². The van der Waals surface area contributed by atoms with Crippen LogP contribution in [0.2, 0.25) is 10.0 Å². The van der Waals surface area contributed by atoms with Crippen LogP contribution in [-0.2, 0) is 16.3 Å². The van der Waals surface area contributed by atoms with Gasteiger partial charge < -0.3 is 10.5 Å². The molecule has 0 saturated heterocycles. The monoisotopic (exact) mass is 387 g/mol. The predicted octanol–water partition coefficient (Wildman–Crippen LogP) is 4.47. The summed E-state index contributed by atoms with van der Waals surface area (Å²) in [5.41, 5.74) is 6.37. The maximum atomic E-state index is 12.3. The van der Waals surface area contributed by atoms with Crippen molar-refractivity contribution in [2.45, 2.75) is 30.4 Å². The molecule has 2 aromatic carbocycles. The van der Waals surface area contributed by atoms with Gasteiger partial charge in [0.15, 0.2) is 9.84 Å². The fraction of sp³-hybridized carbons (Fsp3) is 0.294. The van der Waals surface area contributed by atoms with Gasteiger partial charge in [0.2, 0.25) is 0 Å². The van der Waals surface area contributed by atoms with Crippen LogP contribution >= 0.6 is 23.2 Å². The minimum Gasteiger partial charge on any atom is -0.457 e. The van der Waals surface area contributed by atoms with Crippen LogP contribution < -0.4 is 10.5 Å². The van der Waals surface area contributed by atoms with E-state index in [0.29, 0.717) is 34.5 Å². The van der Waals surface area contributed by atoms with Crippen molar-refractivity contribution in [1.29, 1.82) is 0 Å². The highest BCUT2D eigenvalue weighted by molar-refractivity contribution is 7.92. The van der Waals surface area contributed by atoms with Gasteiger partial charge in [0, 0.05) is 6.07 Å². The molecule has 0 saturated carbocycles. The molecule has 0 fully saturated rings. The molecule has 0 amide bonds. The molecule has 0 bridgehead atoms. The third kappa shape index (κ3) is 4.22. The van der Waals surface area contributed by atoms with Crippen LogP contribution in [0.15, 0.2) is 41.3 Å². The van der Waals surface area contributed by atoms with E-state index in [1.165, 1.54) is 0 Å². The molecule has 2 rings (SSSR count). The van der Waals surface area contributed by atoms with Crippen LogP contribution in [0.3, 0.4) is 0 Å². The van der Waals surface area contributed by atoms with Gasteiger partial charge in [-0.15, -0.1) is 0 Å². The van der Waals surface area contributed by atoms with E-state index in [2.05, 4.69) is 0 Å². The van der Waals surface area contributed by atoms with Crippen molar-refractivity contribution in [2.24, 2.45) is 5.73 Å². The second-order valence-corrected chi connectivity index (χ2v) is 8.90. The second kappa shape index (κ2) is 7.74. The Morgan fingerprint density at radius 2 is 1.79 bits per heavy atom. The van der Waals surface area contributed by atoms with Gasteiger partial charge in [0.05, 0.1) is 20.2 Å². The van der Waals surface area contributed by atoms with Crippen LogP contribution in [-0.4, -0.2) is 20.2 Å². The summed E-state index contributed by atoms with van der Waals surface area (Å²) in [4.78, 5) is 0.266. The smallest absolute Gasteiger partial charge is 0.180 e. The Labute approximate surface area is 152 Å². The van der Waals surface area contributed by atoms with Crippen molar-refractivity contribution >= 4 is 33.0 Å². The lowest BCUT2D eigenvalue weighted by atomic mass is 10.1. The quantitative estimate of drug-likeness (QED) is 0.793. The first-order chi connectivity index (χ1) is 11.3. The summed E-state index contributed by atoms with van der Waals surface area (Å²) in [6.07, 6.45) is 0.498. The molecule has 0 radical (unpaired) electrons. The van der Waals surface area contributed by atoms with Crippen LogP contribution in [0.4, 0.5) is 0 Å². The Balaban J connectivity index is 2.41. The van der Waals surface area contributed by atoms with Crippen molar-refractivity contribution < 1.29 is 13.2 Å². The summed E-state index contributed by atoms with van der Waals surface area (Å²) in [6.45, 7) is 3.68. The van der Waals surface area contributed by atoms with Gasteiger partial charge in [-0.3, -0.25) is 0 Å². The summed E-state index contributed by atoms with van der Waals surface area (Å²) >= 11 is 11.9. The number of hydrogen-bond donors (Lipinski definition) is 1. The molecule has 0 aromatic heterocycles. The zero-order valence-corrected chi connectivity index (χ0v) is 15.8. The van der Waals surface area contributed by atoms with Gasteiger partial charge in [0.25, 0.3) is 0 Å². The summed E-state index contributed by atoms with van der Waals surface area (Å²) in [5, 5.41) is 0.322. The van der Waals surface area contributed by atoms with Crippen LogP contribution in [0.5, 0.6) is 11.5 Å². The summed E-state index contributed by atoms with van der Waals surface area (Å²) in [5.74, 6) is 1.06. The van der Waals surface area contributed by atoms with Crippen molar-refractivity contribution in [3.8, 4) is 11.5 Å². The molecule has 0 aliphatic heterocycles. The first-order valence-electron chi connectivity index (χ1n) is 7.45. The molecule has 0 spiro atoms. The molecule has 0 aliphatic carbocycles. The fourth-order valence-corrected chi connectivity index (χ4v) is 3.52. The molecule has 0 heterocycles. The standard InChI is InChI=1S/C17H19Cl2NO3S/c1-11(2)24(21,22)14-4-6-17(12(9-14)7-8-20)23-13-3-5-15(18)16(19)10-13/h3-6,9-11H,7-8,20H2,1-2H3. The number of nitrogens with two attached hydrogens (primary N) is 1. The van der Waals surface area contributed by atoms with Crippen molar-refractivity contribution in [1.82, 2.24) is 0 Å². The number of hydrogen-bond acceptors (Lipinski definition) is 4. The minimum atomic E-state index is -3.35. The van der Waals surface area contributed by atoms with Crippen LogP contribution in [0.25, 0.3) is 0 Å². The lowest BCUT2D eigenvalue weighted by Crippen LogP contribution is -2.14. The Bertz CT molecular complexity index is 836. The van der Waals surface area contributed by atoms with Gasteiger partial charge in [-0.1, -0.05) is 23.2 Å².